The van der Waals surface area contributed by atoms with Crippen LogP contribution < -0.4 is 5.32 Å². The fraction of sp³-hybridized carbons (Fsp3) is 0.417. The number of hydrogen-bond donors (Lipinski definition) is 1. The minimum Gasteiger partial charge on any atom is -0.347 e. The molecule has 1 N–H and O–H groups in total. The number of nitrogens with zero attached hydrogens (tertiary/aromatic N) is 1. The number of sulfone groups is 1. The molecule has 12 heteroatoms. The van der Waals surface area contributed by atoms with Crippen molar-refractivity contribution in [1.29, 1.82) is 0 Å². The van der Waals surface area contributed by atoms with Crippen LogP contribution in [0.5, 0.6) is 0 Å². The van der Waals surface area contributed by atoms with E-state index in [4.69, 9.17) is 0 Å². The Morgan fingerprint density at radius 3 is 2.39 bits per heavy atom. The van der Waals surface area contributed by atoms with E-state index in [9.17, 15) is 40.0 Å². The normalized spacial score (nSPS) is 21.3. The van der Waals surface area contributed by atoms with Crippen molar-refractivity contribution in [2.24, 2.45) is 5.92 Å². The van der Waals surface area contributed by atoms with Gasteiger partial charge in [0.25, 0.3) is 5.91 Å². The number of rotatable bonds is 6. The summed E-state index contributed by atoms with van der Waals surface area (Å²) in [5, 5.41) is 2.61. The minimum absolute atomic E-state index is 0.0441. The second-order valence-electron chi connectivity index (χ2n) is 9.16. The Kier molecular flexibility index (Phi) is 6.84. The average Bonchev–Trinajstić information content (AvgIpc) is 3.56. The third-order valence-electron chi connectivity index (χ3n) is 6.38. The molecule has 0 aromatic heterocycles. The highest BCUT2D eigenvalue weighted by molar-refractivity contribution is 7.90. The number of carbonyl (C=O) groups excluding carboxylic acids is 2. The van der Waals surface area contributed by atoms with E-state index >= 15 is 0 Å². The molecular formula is C24H23F5N2O4S. The minimum atomic E-state index is -4.73. The molecule has 2 amide bonds. The first-order chi connectivity index (χ1) is 16.8. The molecule has 194 valence electrons. The van der Waals surface area contributed by atoms with Crippen molar-refractivity contribution in [2.45, 2.75) is 48.6 Å². The van der Waals surface area contributed by atoms with E-state index < -0.39 is 64.0 Å². The Morgan fingerprint density at radius 2 is 1.81 bits per heavy atom. The molecule has 2 fully saturated rings. The number of halogens is 5. The summed E-state index contributed by atoms with van der Waals surface area (Å²) < 4.78 is 91.5. The van der Waals surface area contributed by atoms with Crippen LogP contribution in [0.2, 0.25) is 0 Å². The van der Waals surface area contributed by atoms with Crippen molar-refractivity contribution < 1.29 is 40.0 Å². The lowest BCUT2D eigenvalue weighted by molar-refractivity contribution is -0.137. The number of amides is 2. The maximum Gasteiger partial charge on any atom is 0.416 e. The first-order valence-electron chi connectivity index (χ1n) is 11.2. The van der Waals surface area contributed by atoms with Gasteiger partial charge in [-0.25, -0.2) is 17.2 Å². The molecule has 1 aliphatic heterocycles. The molecule has 36 heavy (non-hydrogen) atoms. The summed E-state index contributed by atoms with van der Waals surface area (Å²) >= 11 is 0. The highest BCUT2D eigenvalue weighted by Gasteiger charge is 2.43. The van der Waals surface area contributed by atoms with Gasteiger partial charge in [0.05, 0.1) is 23.0 Å². The molecule has 0 spiro atoms. The van der Waals surface area contributed by atoms with Crippen LogP contribution in [0, 0.1) is 11.7 Å². The maximum absolute atomic E-state index is 14.6. The Morgan fingerprint density at radius 1 is 1.11 bits per heavy atom. The zero-order valence-corrected chi connectivity index (χ0v) is 19.9. The van der Waals surface area contributed by atoms with Crippen LogP contribution in [0.4, 0.5) is 22.0 Å². The lowest BCUT2D eigenvalue weighted by Gasteiger charge is -2.27. The van der Waals surface area contributed by atoms with Gasteiger partial charge in [-0.2, -0.15) is 13.2 Å². The van der Waals surface area contributed by atoms with Crippen molar-refractivity contribution >= 4 is 21.7 Å². The molecule has 1 saturated heterocycles. The van der Waals surface area contributed by atoms with Gasteiger partial charge in [0, 0.05) is 23.8 Å². The second kappa shape index (κ2) is 9.45. The Balaban J connectivity index is 1.57. The molecule has 1 heterocycles. The van der Waals surface area contributed by atoms with Gasteiger partial charge in [0.2, 0.25) is 5.91 Å². The van der Waals surface area contributed by atoms with Gasteiger partial charge in [0.15, 0.2) is 9.84 Å². The molecule has 6 nitrogen and oxygen atoms in total. The van der Waals surface area contributed by atoms with Gasteiger partial charge in [0.1, 0.15) is 18.0 Å². The summed E-state index contributed by atoms with van der Waals surface area (Å²) in [5.74, 6) is -2.84. The number of alkyl halides is 4. The molecule has 2 aromatic rings. The molecular weight excluding hydrogens is 507 g/mol. The summed E-state index contributed by atoms with van der Waals surface area (Å²) in [5.41, 5.74) is -1.32. The summed E-state index contributed by atoms with van der Waals surface area (Å²) in [6.45, 7) is -0.400. The SMILES string of the molecule is CS(=O)(=O)c1cccc(C(=O)N2C[C@@H](F)C[C@@H]2C(=O)NC(c2ccc(C(F)(F)F)cc2F)C2CC2)c1. The number of hydrogen-bond acceptors (Lipinski definition) is 4. The summed E-state index contributed by atoms with van der Waals surface area (Å²) in [6.07, 6.45) is -4.38. The largest absolute Gasteiger partial charge is 0.416 e. The summed E-state index contributed by atoms with van der Waals surface area (Å²) in [7, 11) is -3.62. The molecule has 4 rings (SSSR count). The molecule has 1 saturated carbocycles. The summed E-state index contributed by atoms with van der Waals surface area (Å²) in [6, 6.07) is 5.04. The predicted octanol–water partition coefficient (Wildman–Crippen LogP) is 4.07. The van der Waals surface area contributed by atoms with Gasteiger partial charge < -0.3 is 10.2 Å². The zero-order valence-electron chi connectivity index (χ0n) is 19.1. The highest BCUT2D eigenvalue weighted by atomic mass is 32.2. The fourth-order valence-corrected chi connectivity index (χ4v) is 5.03. The third-order valence-corrected chi connectivity index (χ3v) is 7.49. The van der Waals surface area contributed by atoms with Gasteiger partial charge >= 0.3 is 6.18 Å². The average molecular weight is 531 g/mol. The Labute approximate surface area is 204 Å². The van der Waals surface area contributed by atoms with Crippen LogP contribution in [-0.4, -0.2) is 50.1 Å². The number of likely N-dealkylation sites (tertiary alicyclic amines) is 1. The van der Waals surface area contributed by atoms with Crippen molar-refractivity contribution in [3.63, 3.8) is 0 Å². The molecule has 1 unspecified atom stereocenters. The molecule has 3 atom stereocenters. The maximum atomic E-state index is 14.6. The Hall–Kier alpha value is -3.02. The number of carbonyl (C=O) groups is 2. The third kappa shape index (κ3) is 5.53. The standard InChI is InChI=1S/C24H23F5N2O4S/c1-36(34,35)17-4-2-3-14(9-17)23(33)31-12-16(25)11-20(31)22(32)30-21(13-5-6-13)18-8-7-15(10-19(18)26)24(27,28)29/h2-4,7-10,13,16,20-21H,5-6,11-12H2,1H3,(H,30,32)/t16-,20+,21?/m0/s1. The molecule has 2 aromatic carbocycles. The van der Waals surface area contributed by atoms with Crippen LogP contribution in [0.15, 0.2) is 47.4 Å². The van der Waals surface area contributed by atoms with Crippen molar-refractivity contribution in [3.8, 4) is 0 Å². The monoisotopic (exact) mass is 530 g/mol. The first-order valence-corrected chi connectivity index (χ1v) is 13.1. The van der Waals surface area contributed by atoms with Gasteiger partial charge in [-0.15, -0.1) is 0 Å². The Bertz CT molecular complexity index is 1290. The van der Waals surface area contributed by atoms with Crippen molar-refractivity contribution in [1.82, 2.24) is 10.2 Å². The zero-order chi connectivity index (χ0) is 26.4. The van der Waals surface area contributed by atoms with Crippen LogP contribution in [-0.2, 0) is 20.8 Å². The van der Waals surface area contributed by atoms with Crippen LogP contribution >= 0.6 is 0 Å². The number of nitrogens with one attached hydrogen (secondary N) is 1. The van der Waals surface area contributed by atoms with E-state index in [1.807, 2.05) is 0 Å². The van der Waals surface area contributed by atoms with Gasteiger partial charge in [-0.3, -0.25) is 9.59 Å². The van der Waals surface area contributed by atoms with Crippen molar-refractivity contribution in [3.05, 3.63) is 65.0 Å². The van der Waals surface area contributed by atoms with Gasteiger partial charge in [-0.1, -0.05) is 12.1 Å². The van der Waals surface area contributed by atoms with Crippen molar-refractivity contribution in [2.75, 3.05) is 12.8 Å². The van der Waals surface area contributed by atoms with E-state index in [0.29, 0.717) is 18.9 Å². The molecule has 2 aliphatic rings. The molecule has 1 aliphatic carbocycles. The first kappa shape index (κ1) is 26.1. The van der Waals surface area contributed by atoms with Gasteiger partial charge in [-0.05, 0) is 49.1 Å². The summed E-state index contributed by atoms with van der Waals surface area (Å²) in [4.78, 5) is 27.1. The van der Waals surface area contributed by atoms with E-state index in [1.165, 1.54) is 18.2 Å². The van der Waals surface area contributed by atoms with Crippen LogP contribution in [0.1, 0.15) is 46.8 Å². The van der Waals surface area contributed by atoms with E-state index in [-0.39, 0.29) is 28.4 Å². The topological polar surface area (TPSA) is 83.6 Å². The van der Waals surface area contributed by atoms with Crippen LogP contribution in [0.25, 0.3) is 0 Å². The van der Waals surface area contributed by atoms with E-state index in [2.05, 4.69) is 5.32 Å². The quantitative estimate of drug-likeness (QED) is 0.571. The number of benzene rings is 2. The highest BCUT2D eigenvalue weighted by Crippen LogP contribution is 2.43. The lowest BCUT2D eigenvalue weighted by Crippen LogP contribution is -2.47. The van der Waals surface area contributed by atoms with E-state index in [1.54, 1.807) is 0 Å². The predicted molar refractivity (Wildman–Crippen MR) is 119 cm³/mol. The lowest BCUT2D eigenvalue weighted by atomic mass is 9.99. The smallest absolute Gasteiger partial charge is 0.347 e. The van der Waals surface area contributed by atoms with E-state index in [0.717, 1.165) is 29.4 Å². The second-order valence-corrected chi connectivity index (χ2v) is 11.2. The fourth-order valence-electron chi connectivity index (χ4n) is 4.37. The molecule has 0 bridgehead atoms. The molecule has 0 radical (unpaired) electrons. The van der Waals surface area contributed by atoms with Crippen LogP contribution in [0.3, 0.4) is 0 Å².